The lowest BCUT2D eigenvalue weighted by Crippen LogP contribution is -2.26. The molecule has 0 amide bonds. The highest BCUT2D eigenvalue weighted by Gasteiger charge is 2.13. The minimum atomic E-state index is 0.130. The summed E-state index contributed by atoms with van der Waals surface area (Å²) in [6.45, 7) is 7.08. The highest BCUT2D eigenvalue weighted by molar-refractivity contribution is 5.87. The van der Waals surface area contributed by atoms with Gasteiger partial charge in [0.2, 0.25) is 0 Å². The third-order valence-electron chi connectivity index (χ3n) is 3.84. The molecule has 19 heavy (non-hydrogen) atoms. The maximum Gasteiger partial charge on any atom is 0.254 e. The van der Waals surface area contributed by atoms with Crippen molar-refractivity contribution in [2.45, 2.75) is 27.2 Å². The monoisotopic (exact) mass is 258 g/mol. The molecule has 0 aliphatic rings. The van der Waals surface area contributed by atoms with Gasteiger partial charge in [-0.05, 0) is 63.5 Å². The van der Waals surface area contributed by atoms with E-state index in [0.29, 0.717) is 0 Å². The van der Waals surface area contributed by atoms with Gasteiger partial charge in [-0.3, -0.25) is 4.79 Å². The first-order valence-corrected chi connectivity index (χ1v) is 6.71. The van der Waals surface area contributed by atoms with Crippen LogP contribution in [0.4, 0.5) is 0 Å². The van der Waals surface area contributed by atoms with Crippen molar-refractivity contribution in [3.05, 3.63) is 44.7 Å². The van der Waals surface area contributed by atoms with Crippen LogP contribution in [0.15, 0.2) is 16.9 Å². The highest BCUT2D eigenvalue weighted by Crippen LogP contribution is 2.24. The van der Waals surface area contributed by atoms with Gasteiger partial charge in [0.25, 0.3) is 5.56 Å². The standard InChI is InChI=1S/C16H22N2O/c1-10-8-11(2)15-12(3)13(6-7-17-4)16(19)18(5)14(15)9-10/h8-9,17H,6-7H2,1-5H3. The number of fused-ring (bicyclic) bond motifs is 1. The van der Waals surface area contributed by atoms with Gasteiger partial charge in [0.15, 0.2) is 0 Å². The van der Waals surface area contributed by atoms with Crippen LogP contribution in [-0.4, -0.2) is 18.2 Å². The lowest BCUT2D eigenvalue weighted by Gasteiger charge is -2.15. The quantitative estimate of drug-likeness (QED) is 0.916. The normalized spacial score (nSPS) is 11.2. The molecule has 0 aliphatic heterocycles. The summed E-state index contributed by atoms with van der Waals surface area (Å²) in [6.07, 6.45) is 0.776. The molecule has 102 valence electrons. The molecule has 2 aromatic rings. The van der Waals surface area contributed by atoms with E-state index in [9.17, 15) is 4.79 Å². The SMILES string of the molecule is CNCCc1c(C)c2c(C)cc(C)cc2n(C)c1=O. The summed E-state index contributed by atoms with van der Waals surface area (Å²) in [5, 5.41) is 4.33. The Kier molecular flexibility index (Phi) is 3.76. The molecule has 1 aromatic carbocycles. The maximum absolute atomic E-state index is 12.5. The van der Waals surface area contributed by atoms with E-state index in [1.54, 1.807) is 4.57 Å². The van der Waals surface area contributed by atoms with E-state index >= 15 is 0 Å². The van der Waals surface area contributed by atoms with Crippen LogP contribution in [0, 0.1) is 20.8 Å². The summed E-state index contributed by atoms with van der Waals surface area (Å²) in [6, 6.07) is 4.28. The van der Waals surface area contributed by atoms with E-state index in [0.717, 1.165) is 29.6 Å². The van der Waals surface area contributed by atoms with Crippen molar-refractivity contribution in [2.24, 2.45) is 7.05 Å². The van der Waals surface area contributed by atoms with E-state index in [-0.39, 0.29) is 5.56 Å². The van der Waals surface area contributed by atoms with Crippen LogP contribution in [0.1, 0.15) is 22.3 Å². The predicted molar refractivity (Wildman–Crippen MR) is 81.0 cm³/mol. The molecule has 0 saturated heterocycles. The fourth-order valence-electron chi connectivity index (χ4n) is 2.87. The molecule has 0 unspecified atom stereocenters. The summed E-state index contributed by atoms with van der Waals surface area (Å²) in [7, 11) is 3.78. The molecule has 0 saturated carbocycles. The van der Waals surface area contributed by atoms with Gasteiger partial charge in [0.05, 0.1) is 5.52 Å². The van der Waals surface area contributed by atoms with Gasteiger partial charge in [0, 0.05) is 18.0 Å². The summed E-state index contributed by atoms with van der Waals surface area (Å²) in [5.74, 6) is 0. The van der Waals surface area contributed by atoms with E-state index in [4.69, 9.17) is 0 Å². The van der Waals surface area contributed by atoms with Gasteiger partial charge >= 0.3 is 0 Å². The number of nitrogens with zero attached hydrogens (tertiary/aromatic N) is 1. The Bertz CT molecular complexity index is 683. The van der Waals surface area contributed by atoms with E-state index < -0.39 is 0 Å². The van der Waals surface area contributed by atoms with Crippen LogP contribution in [0.25, 0.3) is 10.9 Å². The Morgan fingerprint density at radius 1 is 1.21 bits per heavy atom. The molecule has 3 nitrogen and oxygen atoms in total. The number of hydrogen-bond acceptors (Lipinski definition) is 2. The molecule has 0 fully saturated rings. The zero-order chi connectivity index (χ0) is 14.2. The zero-order valence-electron chi connectivity index (χ0n) is 12.4. The first kappa shape index (κ1) is 13.8. The molecule has 1 heterocycles. The maximum atomic E-state index is 12.5. The van der Waals surface area contributed by atoms with Crippen molar-refractivity contribution in [1.82, 2.24) is 9.88 Å². The largest absolute Gasteiger partial charge is 0.319 e. The Morgan fingerprint density at radius 3 is 2.53 bits per heavy atom. The number of rotatable bonds is 3. The Morgan fingerprint density at radius 2 is 1.89 bits per heavy atom. The van der Waals surface area contributed by atoms with Crippen molar-refractivity contribution in [1.29, 1.82) is 0 Å². The fourth-order valence-corrected chi connectivity index (χ4v) is 2.87. The molecule has 0 radical (unpaired) electrons. The van der Waals surface area contributed by atoms with E-state index in [2.05, 4.69) is 38.2 Å². The first-order chi connectivity index (χ1) is 8.97. The van der Waals surface area contributed by atoms with Crippen molar-refractivity contribution < 1.29 is 0 Å². The Labute approximate surface area is 114 Å². The molecule has 3 heteroatoms. The van der Waals surface area contributed by atoms with Crippen LogP contribution in [0.5, 0.6) is 0 Å². The molecule has 1 aromatic heterocycles. The lowest BCUT2D eigenvalue weighted by molar-refractivity contribution is 0.768. The number of likely N-dealkylation sites (N-methyl/N-ethyl adjacent to an activating group) is 1. The van der Waals surface area contributed by atoms with Crippen LogP contribution < -0.4 is 10.9 Å². The second-order valence-corrected chi connectivity index (χ2v) is 5.30. The van der Waals surface area contributed by atoms with Gasteiger partial charge < -0.3 is 9.88 Å². The molecule has 0 spiro atoms. The number of aromatic nitrogens is 1. The average Bonchev–Trinajstić information content (AvgIpc) is 2.35. The van der Waals surface area contributed by atoms with Crippen LogP contribution in [0.2, 0.25) is 0 Å². The molecule has 0 aliphatic carbocycles. The lowest BCUT2D eigenvalue weighted by atomic mass is 9.97. The summed E-state index contributed by atoms with van der Waals surface area (Å²) < 4.78 is 1.79. The summed E-state index contributed by atoms with van der Waals surface area (Å²) >= 11 is 0. The van der Waals surface area contributed by atoms with Gasteiger partial charge in [-0.2, -0.15) is 0 Å². The van der Waals surface area contributed by atoms with Crippen LogP contribution in [0.3, 0.4) is 0 Å². The smallest absolute Gasteiger partial charge is 0.254 e. The molecular formula is C16H22N2O. The summed E-state index contributed by atoms with van der Waals surface area (Å²) in [4.78, 5) is 12.5. The number of benzene rings is 1. The van der Waals surface area contributed by atoms with Crippen LogP contribution in [-0.2, 0) is 13.5 Å². The second kappa shape index (κ2) is 5.17. The van der Waals surface area contributed by atoms with E-state index in [1.165, 1.54) is 16.5 Å². The highest BCUT2D eigenvalue weighted by atomic mass is 16.1. The predicted octanol–water partition coefficient (Wildman–Crippen LogP) is 2.23. The Hall–Kier alpha value is -1.61. The second-order valence-electron chi connectivity index (χ2n) is 5.30. The molecule has 2 rings (SSSR count). The van der Waals surface area contributed by atoms with Crippen molar-refractivity contribution in [2.75, 3.05) is 13.6 Å². The van der Waals surface area contributed by atoms with Crippen molar-refractivity contribution in [3.8, 4) is 0 Å². The average molecular weight is 258 g/mol. The van der Waals surface area contributed by atoms with Crippen molar-refractivity contribution in [3.63, 3.8) is 0 Å². The fraction of sp³-hybridized carbons (Fsp3) is 0.438. The molecular weight excluding hydrogens is 236 g/mol. The minimum Gasteiger partial charge on any atom is -0.319 e. The van der Waals surface area contributed by atoms with Gasteiger partial charge in [-0.1, -0.05) is 6.07 Å². The minimum absolute atomic E-state index is 0.130. The van der Waals surface area contributed by atoms with Crippen molar-refractivity contribution >= 4 is 10.9 Å². The topological polar surface area (TPSA) is 34.0 Å². The molecule has 0 atom stereocenters. The van der Waals surface area contributed by atoms with Gasteiger partial charge in [0.1, 0.15) is 0 Å². The van der Waals surface area contributed by atoms with E-state index in [1.807, 2.05) is 14.1 Å². The van der Waals surface area contributed by atoms with Crippen LogP contribution >= 0.6 is 0 Å². The molecule has 1 N–H and O–H groups in total. The Balaban J connectivity index is 2.84. The third-order valence-corrected chi connectivity index (χ3v) is 3.84. The first-order valence-electron chi connectivity index (χ1n) is 6.71. The number of pyridine rings is 1. The van der Waals surface area contributed by atoms with Gasteiger partial charge in [-0.25, -0.2) is 0 Å². The number of aryl methyl sites for hydroxylation is 4. The van der Waals surface area contributed by atoms with Gasteiger partial charge in [-0.15, -0.1) is 0 Å². The summed E-state index contributed by atoms with van der Waals surface area (Å²) in [5.41, 5.74) is 5.66. The third kappa shape index (κ3) is 2.30. The zero-order valence-corrected chi connectivity index (χ0v) is 12.4. The number of hydrogen-bond donors (Lipinski definition) is 1. The number of nitrogens with one attached hydrogen (secondary N) is 1. The molecule has 0 bridgehead atoms.